The molecule has 6 N–H and O–H groups in total. The van der Waals surface area contributed by atoms with Crippen LogP contribution in [0.15, 0.2) is 102 Å². The molecule has 0 radical (unpaired) electrons. The minimum Gasteiger partial charge on any atom is -0.457 e. The zero-order valence-corrected chi connectivity index (χ0v) is 55.6. The minimum atomic E-state index is -2.07. The zero-order valence-electron chi connectivity index (χ0n) is 55.6. The van der Waals surface area contributed by atoms with Gasteiger partial charge in [0, 0.05) is 79.0 Å². The number of nitrogens with zero attached hydrogens (tertiary/aromatic N) is 5. The number of likely N-dealkylation sites (N-methyl/N-ethyl adjacent to an activating group) is 1. The zero-order chi connectivity index (χ0) is 70.6. The number of benzene rings is 4. The molecule has 2 aromatic heterocycles. The molecule has 0 spiro atoms. The van der Waals surface area contributed by atoms with Gasteiger partial charge in [0.05, 0.1) is 66.4 Å². The van der Waals surface area contributed by atoms with E-state index in [0.29, 0.717) is 101 Å². The number of imide groups is 1. The summed E-state index contributed by atoms with van der Waals surface area (Å²) in [6.45, 7) is 7.34. The van der Waals surface area contributed by atoms with Gasteiger partial charge < -0.3 is 60.5 Å². The van der Waals surface area contributed by atoms with Crippen molar-refractivity contribution in [3.05, 3.63) is 169 Å². The van der Waals surface area contributed by atoms with Crippen LogP contribution in [-0.4, -0.2) is 137 Å². The van der Waals surface area contributed by atoms with Crippen molar-refractivity contribution in [1.29, 1.82) is 0 Å². The number of pyridine rings is 2. The number of aryl methyl sites for hydroxylation is 2. The molecule has 4 aliphatic heterocycles. The van der Waals surface area contributed by atoms with Gasteiger partial charge in [-0.15, -0.1) is 0 Å². The first kappa shape index (κ1) is 69.2. The van der Waals surface area contributed by atoms with Gasteiger partial charge >= 0.3 is 18.2 Å². The minimum absolute atomic E-state index is 0.0153. The molecule has 6 aromatic rings. The Labute approximate surface area is 568 Å². The van der Waals surface area contributed by atoms with Crippen LogP contribution in [-0.2, 0) is 90.8 Å². The fourth-order valence-electron chi connectivity index (χ4n) is 13.3. The van der Waals surface area contributed by atoms with Crippen molar-refractivity contribution in [2.75, 3.05) is 50.0 Å². The number of carbonyl (C=O) groups is 11. The molecule has 11 rings (SSSR count). The van der Waals surface area contributed by atoms with E-state index in [1.807, 2.05) is 13.8 Å². The molecule has 27 heteroatoms. The molecule has 4 aromatic carbocycles. The van der Waals surface area contributed by atoms with E-state index in [1.54, 1.807) is 87.5 Å². The molecular weight excluding hydrogens is 1280 g/mol. The second kappa shape index (κ2) is 29.3. The Morgan fingerprint density at radius 2 is 1.54 bits per heavy atom. The molecule has 516 valence electrons. The summed E-state index contributed by atoms with van der Waals surface area (Å²) in [5.41, 5.74) is 3.94. The first-order chi connectivity index (χ1) is 47.4. The smallest absolute Gasteiger partial charge is 0.411 e. The summed E-state index contributed by atoms with van der Waals surface area (Å²) in [5.74, 6) is -5.70. The highest BCUT2D eigenvalue weighted by Gasteiger charge is 2.52. The van der Waals surface area contributed by atoms with Crippen LogP contribution >= 0.6 is 0 Å². The van der Waals surface area contributed by atoms with E-state index in [4.69, 9.17) is 19.2 Å². The highest BCUT2D eigenvalue weighted by molar-refractivity contribution is 6.28. The van der Waals surface area contributed by atoms with Gasteiger partial charge in [0.15, 0.2) is 0 Å². The number of nitrogens with one attached hydrogen (secondary N) is 6. The van der Waals surface area contributed by atoms with Crippen LogP contribution in [0.3, 0.4) is 0 Å². The number of anilines is 2. The Hall–Kier alpha value is -11.1. The maximum atomic E-state index is 15.6. The van der Waals surface area contributed by atoms with Gasteiger partial charge in [0.25, 0.3) is 23.3 Å². The van der Waals surface area contributed by atoms with Gasteiger partial charge in [-0.25, -0.2) is 28.7 Å². The van der Waals surface area contributed by atoms with Crippen LogP contribution in [0.5, 0.6) is 0 Å². The molecule has 26 nitrogen and oxygen atoms in total. The normalized spacial score (nSPS) is 17.4. The summed E-state index contributed by atoms with van der Waals surface area (Å²) >= 11 is 0. The lowest BCUT2D eigenvalue weighted by molar-refractivity contribution is -0.173. The third-order valence-corrected chi connectivity index (χ3v) is 18.6. The summed E-state index contributed by atoms with van der Waals surface area (Å²) in [4.78, 5) is 169. The number of hydrogen-bond donors (Lipinski definition) is 6. The van der Waals surface area contributed by atoms with Gasteiger partial charge in [-0.2, -0.15) is 0 Å². The molecule has 1 aliphatic carbocycles. The van der Waals surface area contributed by atoms with Crippen molar-refractivity contribution >= 4 is 87.7 Å². The largest absolute Gasteiger partial charge is 0.457 e. The molecule has 10 amide bonds. The second-order valence-corrected chi connectivity index (χ2v) is 25.7. The Morgan fingerprint density at radius 1 is 0.808 bits per heavy atom. The van der Waals surface area contributed by atoms with Crippen LogP contribution < -0.4 is 42.4 Å². The number of cyclic esters (lactones) is 1. The fraction of sp³-hybridized carbons (Fsp3) is 0.375. The average Bonchev–Trinajstić information content (AvgIpc) is 1.60. The number of esters is 1. The van der Waals surface area contributed by atoms with Gasteiger partial charge in [0.2, 0.25) is 35.1 Å². The number of fused-ring (bicyclic) bond motifs is 5. The van der Waals surface area contributed by atoms with Crippen LogP contribution in [0.25, 0.3) is 22.3 Å². The predicted octanol–water partition coefficient (Wildman–Crippen LogP) is 6.01. The number of halogens is 1. The van der Waals surface area contributed by atoms with E-state index in [0.717, 1.165) is 33.6 Å². The Bertz CT molecular complexity index is 4380. The van der Waals surface area contributed by atoms with E-state index in [-0.39, 0.29) is 67.4 Å². The highest BCUT2D eigenvalue weighted by Crippen LogP contribution is 2.47. The average molecular weight is 1350 g/mol. The quantitative estimate of drug-likeness (QED) is 0.0243. The molecule has 5 aliphatic rings. The van der Waals surface area contributed by atoms with E-state index < -0.39 is 114 Å². The topological polar surface area (TPSA) is 332 Å². The molecule has 1 saturated heterocycles. The lowest BCUT2D eigenvalue weighted by atomic mass is 9.81. The Kier molecular flexibility index (Phi) is 20.5. The van der Waals surface area contributed by atoms with Crippen molar-refractivity contribution in [3.8, 4) is 11.4 Å². The maximum Gasteiger partial charge on any atom is 0.411 e. The number of carbonyl (C=O) groups excluding carboxylic acids is 11. The van der Waals surface area contributed by atoms with E-state index in [2.05, 4.69) is 31.9 Å². The molecule has 0 saturated carbocycles. The molecule has 6 heterocycles. The van der Waals surface area contributed by atoms with Gasteiger partial charge in [-0.3, -0.25) is 43.2 Å². The summed E-state index contributed by atoms with van der Waals surface area (Å²) in [6.07, 6.45) is 3.69. The maximum absolute atomic E-state index is 15.6. The van der Waals surface area contributed by atoms with E-state index in [9.17, 15) is 57.5 Å². The Balaban J connectivity index is 0.665. The molecule has 0 unspecified atom stereocenters. The number of likely N-dealkylation sites (tertiary alicyclic amines) is 1. The summed E-state index contributed by atoms with van der Waals surface area (Å²) < 4.78 is 34.7. The van der Waals surface area contributed by atoms with Gasteiger partial charge in [-0.1, -0.05) is 69.3 Å². The summed E-state index contributed by atoms with van der Waals surface area (Å²) in [6, 6.07) is 20.5. The third-order valence-electron chi connectivity index (χ3n) is 18.6. The third kappa shape index (κ3) is 14.8. The van der Waals surface area contributed by atoms with Crippen LogP contribution in [0, 0.1) is 25.6 Å². The van der Waals surface area contributed by atoms with Crippen molar-refractivity contribution in [3.63, 3.8) is 0 Å². The number of rotatable bonds is 23. The van der Waals surface area contributed by atoms with Crippen LogP contribution in [0.2, 0.25) is 0 Å². The molecule has 1 fully saturated rings. The van der Waals surface area contributed by atoms with Gasteiger partial charge in [-0.05, 0) is 122 Å². The number of aromatic nitrogens is 2. The lowest BCUT2D eigenvalue weighted by Crippen LogP contribution is -2.52. The number of hydrogen-bond acceptors (Lipinski definition) is 16. The standard InChI is InChI=1S/C72H76FN11O15/c1-7-72(51-30-56-65-49(36-83(56)68(93)50(51)38-97-69(72)94)64-53(78-57(85)24-15-39(2)3)23-22-47-41(5)52(73)31-54(80-65)63(47)64)99-70(95)81(6)35-46-14-11-27-82(46)71(96)98-37-43-17-19-44(20-18-43)77-59(87)34-76-67(92)55(28-42-12-9-8-10-13-42)79-60(88)33-74-58(86)32-75-66(91)48-29-45(21-16-40(48)4)84-61(89)25-26-62(84)90/h8-10,12-13,16-21,25-26,29-31,39,46,53,55H,7,11,14-15,22-24,27-28,32-38H2,1-6H3,(H,74,86)(H,75,91)(H,76,92)(H,77,87)(H,78,85)(H,79,88)/t46-,53-,55-,72-/m0/s1. The van der Waals surface area contributed by atoms with Crippen LogP contribution in [0.1, 0.15) is 126 Å². The van der Waals surface area contributed by atoms with Crippen molar-refractivity contribution < 1.29 is 71.3 Å². The predicted molar refractivity (Wildman–Crippen MR) is 358 cm³/mol. The molecule has 0 bridgehead atoms. The summed E-state index contributed by atoms with van der Waals surface area (Å²) in [5, 5.41) is 16.7. The monoisotopic (exact) mass is 1350 g/mol. The van der Waals surface area contributed by atoms with Gasteiger partial charge in [0.1, 0.15) is 25.1 Å². The second-order valence-electron chi connectivity index (χ2n) is 25.7. The first-order valence-electron chi connectivity index (χ1n) is 32.9. The highest BCUT2D eigenvalue weighted by atomic mass is 19.1. The van der Waals surface area contributed by atoms with Crippen molar-refractivity contribution in [1.82, 2.24) is 45.9 Å². The number of amides is 10. The first-order valence-corrected chi connectivity index (χ1v) is 32.9. The Morgan fingerprint density at radius 3 is 2.26 bits per heavy atom. The van der Waals surface area contributed by atoms with Crippen molar-refractivity contribution in [2.45, 2.75) is 129 Å². The molecule has 99 heavy (non-hydrogen) atoms. The molecular formula is C72H76FN11O15. The fourth-order valence-corrected chi connectivity index (χ4v) is 13.3. The van der Waals surface area contributed by atoms with E-state index >= 15 is 4.39 Å². The molecule has 4 atom stereocenters. The van der Waals surface area contributed by atoms with Crippen molar-refractivity contribution in [2.24, 2.45) is 5.92 Å². The SMILES string of the molecule is CC[C@@]1(OC(=O)N(C)C[C@@H]2CCCN2C(=O)OCc2ccc(NC(=O)CNC(=O)[C@H](Cc3ccccc3)NC(=O)CNC(=O)CNC(=O)c3cc(N4C(=O)C=CC4=O)ccc3C)cc2)C(=O)OCc2c1cc1n(c2=O)Cc2c-1nc1cc(F)c(C)c3c1c2[C@@H](NC(=O)CCC(C)C)CC3. The lowest BCUT2D eigenvalue weighted by Gasteiger charge is -2.37. The van der Waals surface area contributed by atoms with Crippen LogP contribution in [0.4, 0.5) is 25.4 Å². The number of ether oxygens (including phenoxy) is 3. The van der Waals surface area contributed by atoms with E-state index in [1.165, 1.54) is 39.6 Å². The summed E-state index contributed by atoms with van der Waals surface area (Å²) in [7, 11) is 1.47.